The Morgan fingerprint density at radius 3 is 2.80 bits per heavy atom. The zero-order chi connectivity index (χ0) is 10.8. The van der Waals surface area contributed by atoms with Crippen molar-refractivity contribution < 1.29 is 14.3 Å². The minimum atomic E-state index is -0.424. The van der Waals surface area contributed by atoms with Crippen LogP contribution in [0.2, 0.25) is 0 Å². The summed E-state index contributed by atoms with van der Waals surface area (Å²) in [6, 6.07) is 7.74. The standard InChI is InChI=1S/C12H12O3/c1-2-8-4-3-5-9(6-8)10-7-11(13)15-12(10)14/h3-6,10H,2,7H2,1H3. The van der Waals surface area contributed by atoms with E-state index in [2.05, 4.69) is 11.7 Å². The van der Waals surface area contributed by atoms with Gasteiger partial charge < -0.3 is 4.74 Å². The van der Waals surface area contributed by atoms with Crippen molar-refractivity contribution in [3.05, 3.63) is 35.4 Å². The quantitative estimate of drug-likeness (QED) is 0.545. The van der Waals surface area contributed by atoms with Crippen molar-refractivity contribution in [1.29, 1.82) is 0 Å². The van der Waals surface area contributed by atoms with Gasteiger partial charge in [-0.15, -0.1) is 0 Å². The van der Waals surface area contributed by atoms with Gasteiger partial charge in [0.15, 0.2) is 0 Å². The number of rotatable bonds is 2. The van der Waals surface area contributed by atoms with E-state index >= 15 is 0 Å². The Balaban J connectivity index is 2.29. The van der Waals surface area contributed by atoms with E-state index in [4.69, 9.17) is 0 Å². The minimum Gasteiger partial charge on any atom is -0.393 e. The average Bonchev–Trinajstić information content (AvgIpc) is 2.58. The van der Waals surface area contributed by atoms with Crippen LogP contribution < -0.4 is 0 Å². The van der Waals surface area contributed by atoms with Crippen molar-refractivity contribution in [2.45, 2.75) is 25.7 Å². The van der Waals surface area contributed by atoms with E-state index in [1.807, 2.05) is 24.3 Å². The van der Waals surface area contributed by atoms with Gasteiger partial charge in [-0.1, -0.05) is 31.2 Å². The lowest BCUT2D eigenvalue weighted by atomic mass is 9.95. The summed E-state index contributed by atoms with van der Waals surface area (Å²) in [5.74, 6) is -1.25. The number of hydrogen-bond acceptors (Lipinski definition) is 3. The zero-order valence-electron chi connectivity index (χ0n) is 8.53. The molecule has 15 heavy (non-hydrogen) atoms. The number of carbonyl (C=O) groups is 2. The van der Waals surface area contributed by atoms with Gasteiger partial charge in [0, 0.05) is 0 Å². The molecule has 0 N–H and O–H groups in total. The van der Waals surface area contributed by atoms with Gasteiger partial charge in [-0.3, -0.25) is 9.59 Å². The molecule has 3 heteroatoms. The van der Waals surface area contributed by atoms with Crippen LogP contribution >= 0.6 is 0 Å². The Morgan fingerprint density at radius 2 is 2.20 bits per heavy atom. The minimum absolute atomic E-state index is 0.173. The first kappa shape index (κ1) is 9.90. The highest BCUT2D eigenvalue weighted by atomic mass is 16.6. The molecule has 1 aliphatic heterocycles. The molecule has 1 atom stereocenters. The van der Waals surface area contributed by atoms with Crippen molar-refractivity contribution >= 4 is 11.9 Å². The molecule has 3 nitrogen and oxygen atoms in total. The fourth-order valence-corrected chi connectivity index (χ4v) is 1.76. The maximum absolute atomic E-state index is 11.3. The second kappa shape index (κ2) is 3.85. The van der Waals surface area contributed by atoms with E-state index in [0.29, 0.717) is 0 Å². The molecule has 1 aromatic carbocycles. The Morgan fingerprint density at radius 1 is 1.40 bits per heavy atom. The lowest BCUT2D eigenvalue weighted by Gasteiger charge is -2.06. The molecule has 0 saturated carbocycles. The summed E-state index contributed by atoms with van der Waals surface area (Å²) in [7, 11) is 0. The van der Waals surface area contributed by atoms with E-state index in [9.17, 15) is 9.59 Å². The molecule has 1 heterocycles. The molecule has 0 spiro atoms. The summed E-state index contributed by atoms with van der Waals surface area (Å²) in [4.78, 5) is 22.3. The summed E-state index contributed by atoms with van der Waals surface area (Å²) in [6.07, 6.45) is 1.09. The van der Waals surface area contributed by atoms with Crippen LogP contribution in [0.25, 0.3) is 0 Å². The van der Waals surface area contributed by atoms with Crippen molar-refractivity contribution in [1.82, 2.24) is 0 Å². The Bertz CT molecular complexity index is 409. The molecule has 0 bridgehead atoms. The molecule has 1 fully saturated rings. The molecule has 1 unspecified atom stereocenters. The second-order valence-electron chi connectivity index (χ2n) is 3.65. The highest BCUT2D eigenvalue weighted by Crippen LogP contribution is 2.27. The number of cyclic esters (lactones) is 2. The van der Waals surface area contributed by atoms with Gasteiger partial charge in [0.2, 0.25) is 0 Å². The van der Waals surface area contributed by atoms with Crippen LogP contribution in [0.4, 0.5) is 0 Å². The molecular weight excluding hydrogens is 192 g/mol. The van der Waals surface area contributed by atoms with Crippen molar-refractivity contribution in [3.63, 3.8) is 0 Å². The van der Waals surface area contributed by atoms with Crippen LogP contribution in [-0.2, 0) is 20.7 Å². The lowest BCUT2D eigenvalue weighted by molar-refractivity contribution is -0.152. The number of ether oxygens (including phenoxy) is 1. The van der Waals surface area contributed by atoms with Crippen LogP contribution in [0.3, 0.4) is 0 Å². The predicted octanol–water partition coefficient (Wildman–Crippen LogP) is 1.81. The topological polar surface area (TPSA) is 43.4 Å². The summed E-state index contributed by atoms with van der Waals surface area (Å²) in [5.41, 5.74) is 2.05. The highest BCUT2D eigenvalue weighted by molar-refractivity contribution is 5.97. The number of carbonyl (C=O) groups excluding carboxylic acids is 2. The average molecular weight is 204 g/mol. The molecule has 0 amide bonds. The fourth-order valence-electron chi connectivity index (χ4n) is 1.76. The third kappa shape index (κ3) is 1.91. The van der Waals surface area contributed by atoms with Crippen LogP contribution in [0.1, 0.15) is 30.4 Å². The smallest absolute Gasteiger partial charge is 0.321 e. The van der Waals surface area contributed by atoms with Crippen molar-refractivity contribution in [3.8, 4) is 0 Å². The number of aryl methyl sites for hydroxylation is 1. The van der Waals surface area contributed by atoms with E-state index < -0.39 is 17.9 Å². The summed E-state index contributed by atoms with van der Waals surface area (Å²) in [5, 5.41) is 0. The SMILES string of the molecule is CCc1cccc(C2CC(=O)OC2=O)c1. The Kier molecular flexibility index (Phi) is 2.54. The Hall–Kier alpha value is -1.64. The first-order valence-electron chi connectivity index (χ1n) is 5.04. The first-order valence-corrected chi connectivity index (χ1v) is 5.04. The molecular formula is C12H12O3. The van der Waals surface area contributed by atoms with Crippen LogP contribution in [0.15, 0.2) is 24.3 Å². The monoisotopic (exact) mass is 204 g/mol. The maximum atomic E-state index is 11.3. The maximum Gasteiger partial charge on any atom is 0.321 e. The molecule has 0 aliphatic carbocycles. The zero-order valence-corrected chi connectivity index (χ0v) is 8.53. The van der Waals surface area contributed by atoms with E-state index in [-0.39, 0.29) is 6.42 Å². The van der Waals surface area contributed by atoms with Gasteiger partial charge in [0.1, 0.15) is 0 Å². The molecule has 0 aromatic heterocycles. The third-order valence-electron chi connectivity index (χ3n) is 2.63. The first-order chi connectivity index (χ1) is 7.20. The van der Waals surface area contributed by atoms with Crippen molar-refractivity contribution in [2.75, 3.05) is 0 Å². The lowest BCUT2D eigenvalue weighted by Crippen LogP contribution is -2.05. The van der Waals surface area contributed by atoms with Crippen LogP contribution in [0, 0.1) is 0 Å². The number of benzene rings is 1. The molecule has 1 aromatic rings. The van der Waals surface area contributed by atoms with Gasteiger partial charge in [-0.25, -0.2) is 0 Å². The van der Waals surface area contributed by atoms with Gasteiger partial charge in [-0.05, 0) is 17.5 Å². The Labute approximate surface area is 88.1 Å². The third-order valence-corrected chi connectivity index (χ3v) is 2.63. The molecule has 78 valence electrons. The van der Waals surface area contributed by atoms with Gasteiger partial charge in [-0.2, -0.15) is 0 Å². The molecule has 0 radical (unpaired) electrons. The van der Waals surface area contributed by atoms with Crippen molar-refractivity contribution in [2.24, 2.45) is 0 Å². The van der Waals surface area contributed by atoms with Gasteiger partial charge in [0.25, 0.3) is 0 Å². The summed E-state index contributed by atoms with van der Waals surface area (Å²) >= 11 is 0. The van der Waals surface area contributed by atoms with E-state index in [1.165, 1.54) is 5.56 Å². The second-order valence-corrected chi connectivity index (χ2v) is 3.65. The van der Waals surface area contributed by atoms with Gasteiger partial charge >= 0.3 is 11.9 Å². The van der Waals surface area contributed by atoms with Gasteiger partial charge in [0.05, 0.1) is 12.3 Å². The molecule has 2 rings (SSSR count). The predicted molar refractivity (Wildman–Crippen MR) is 54.3 cm³/mol. The van der Waals surface area contributed by atoms with Crippen LogP contribution in [-0.4, -0.2) is 11.9 Å². The van der Waals surface area contributed by atoms with E-state index in [1.54, 1.807) is 0 Å². The van der Waals surface area contributed by atoms with E-state index in [0.717, 1.165) is 12.0 Å². The normalized spacial score (nSPS) is 20.5. The van der Waals surface area contributed by atoms with Crippen LogP contribution in [0.5, 0.6) is 0 Å². The number of hydrogen-bond donors (Lipinski definition) is 0. The summed E-state index contributed by atoms with van der Waals surface area (Å²) in [6.45, 7) is 2.05. The number of esters is 2. The fraction of sp³-hybridized carbons (Fsp3) is 0.333. The molecule has 1 saturated heterocycles. The molecule has 1 aliphatic rings. The highest BCUT2D eigenvalue weighted by Gasteiger charge is 2.34. The largest absolute Gasteiger partial charge is 0.393 e. The summed E-state index contributed by atoms with van der Waals surface area (Å²) < 4.78 is 4.52.